The van der Waals surface area contributed by atoms with Gasteiger partial charge >= 0.3 is 0 Å². The molecule has 10 heteroatoms. The number of anilines is 1. The fourth-order valence-corrected chi connectivity index (χ4v) is 4.18. The maximum atomic E-state index is 14.2. The molecule has 0 spiro atoms. The summed E-state index contributed by atoms with van der Waals surface area (Å²) in [7, 11) is 2.06. The van der Waals surface area contributed by atoms with E-state index in [1.807, 2.05) is 12.1 Å². The Morgan fingerprint density at radius 1 is 1.37 bits per heavy atom. The Kier molecular flexibility index (Phi) is 7.00. The SMILES string of the molecule is CN1CCC[C@@H](Nc2cc(-c3ccc4cc(C#N)cnn34)ncc2C(=O)NC[C@@H](F)C(C)(C)O)C1. The molecule has 1 fully saturated rings. The van der Waals surface area contributed by atoms with Crippen molar-refractivity contribution in [3.63, 3.8) is 0 Å². The summed E-state index contributed by atoms with van der Waals surface area (Å²) in [5.74, 6) is -0.473. The minimum atomic E-state index is -1.61. The first-order chi connectivity index (χ1) is 16.7. The average molecular weight is 480 g/mol. The Bertz CT molecular complexity index is 1260. The van der Waals surface area contributed by atoms with Crippen LogP contribution in [0.25, 0.3) is 16.9 Å². The molecule has 3 aromatic rings. The molecule has 4 rings (SSSR count). The molecule has 9 nitrogen and oxygen atoms in total. The third-order valence-corrected chi connectivity index (χ3v) is 6.23. The number of hydrogen-bond donors (Lipinski definition) is 3. The van der Waals surface area contributed by atoms with E-state index in [0.29, 0.717) is 28.2 Å². The highest BCUT2D eigenvalue weighted by Gasteiger charge is 2.28. The van der Waals surface area contributed by atoms with Crippen LogP contribution in [0.3, 0.4) is 0 Å². The molecule has 0 bridgehead atoms. The molecule has 3 aromatic heterocycles. The number of nitrogens with one attached hydrogen (secondary N) is 2. The number of halogens is 1. The van der Waals surface area contributed by atoms with Crippen molar-refractivity contribution in [3.05, 3.63) is 47.8 Å². The van der Waals surface area contributed by atoms with Crippen molar-refractivity contribution in [1.82, 2.24) is 24.8 Å². The third-order valence-electron chi connectivity index (χ3n) is 6.23. The number of hydrogen-bond acceptors (Lipinski definition) is 7. The molecular weight excluding hydrogens is 449 g/mol. The molecule has 3 N–H and O–H groups in total. The van der Waals surface area contributed by atoms with Crippen LogP contribution in [0.1, 0.15) is 42.6 Å². The number of amides is 1. The third kappa shape index (κ3) is 5.58. The van der Waals surface area contributed by atoms with Crippen LogP contribution >= 0.6 is 0 Å². The highest BCUT2D eigenvalue weighted by molar-refractivity contribution is 6.00. The topological polar surface area (TPSA) is 119 Å². The first-order valence-electron chi connectivity index (χ1n) is 11.6. The van der Waals surface area contributed by atoms with Crippen LogP contribution in [0.5, 0.6) is 0 Å². The first kappa shape index (κ1) is 24.6. The van der Waals surface area contributed by atoms with E-state index < -0.39 is 17.7 Å². The first-order valence-corrected chi connectivity index (χ1v) is 11.6. The number of piperidine rings is 1. The molecule has 1 saturated heterocycles. The minimum Gasteiger partial charge on any atom is -0.387 e. The lowest BCUT2D eigenvalue weighted by Gasteiger charge is -2.31. The molecule has 0 saturated carbocycles. The number of likely N-dealkylation sites (tertiary alicyclic amines) is 1. The van der Waals surface area contributed by atoms with Crippen LogP contribution < -0.4 is 10.6 Å². The van der Waals surface area contributed by atoms with Crippen molar-refractivity contribution in [2.45, 2.75) is 44.5 Å². The van der Waals surface area contributed by atoms with Crippen LogP contribution in [0.4, 0.5) is 10.1 Å². The number of nitrogens with zero attached hydrogens (tertiary/aromatic N) is 5. The molecule has 1 aliphatic rings. The fourth-order valence-electron chi connectivity index (χ4n) is 4.18. The number of likely N-dealkylation sites (N-methyl/N-ethyl adjacent to an activating group) is 1. The number of pyridine rings is 1. The molecule has 184 valence electrons. The molecule has 1 amide bonds. The predicted octanol–water partition coefficient (Wildman–Crippen LogP) is 2.61. The summed E-state index contributed by atoms with van der Waals surface area (Å²) < 4.78 is 15.9. The zero-order valence-electron chi connectivity index (χ0n) is 20.1. The number of fused-ring (bicyclic) bond motifs is 1. The fraction of sp³-hybridized carbons (Fsp3) is 0.440. The Labute approximate surface area is 203 Å². The van der Waals surface area contributed by atoms with Gasteiger partial charge in [0.1, 0.15) is 12.2 Å². The second-order valence-corrected chi connectivity index (χ2v) is 9.60. The highest BCUT2D eigenvalue weighted by atomic mass is 19.1. The van der Waals surface area contributed by atoms with Crippen LogP contribution in [0.15, 0.2) is 36.7 Å². The lowest BCUT2D eigenvalue weighted by molar-refractivity contribution is -0.00177. The molecule has 1 aliphatic heterocycles. The maximum Gasteiger partial charge on any atom is 0.255 e. The molecule has 0 aromatic carbocycles. The van der Waals surface area contributed by atoms with E-state index in [2.05, 4.69) is 38.7 Å². The quantitative estimate of drug-likeness (QED) is 0.477. The van der Waals surface area contributed by atoms with E-state index in [-0.39, 0.29) is 12.6 Å². The van der Waals surface area contributed by atoms with Gasteiger partial charge in [-0.15, -0.1) is 0 Å². The number of carbonyl (C=O) groups is 1. The number of alkyl halides is 1. The second-order valence-electron chi connectivity index (χ2n) is 9.60. The van der Waals surface area contributed by atoms with Crippen molar-refractivity contribution >= 4 is 17.1 Å². The molecule has 0 radical (unpaired) electrons. The molecular formula is C25H30FN7O2. The van der Waals surface area contributed by atoms with E-state index in [1.54, 1.807) is 16.6 Å². The van der Waals surface area contributed by atoms with Gasteiger partial charge in [-0.3, -0.25) is 9.78 Å². The van der Waals surface area contributed by atoms with Crippen LogP contribution in [0, 0.1) is 11.3 Å². The minimum absolute atomic E-state index is 0.140. The summed E-state index contributed by atoms with van der Waals surface area (Å²) in [6.45, 7) is 4.26. The number of aromatic nitrogens is 3. The maximum absolute atomic E-state index is 14.2. The van der Waals surface area contributed by atoms with Gasteiger partial charge in [-0.1, -0.05) is 0 Å². The number of rotatable bonds is 7. The van der Waals surface area contributed by atoms with E-state index in [9.17, 15) is 14.3 Å². The van der Waals surface area contributed by atoms with Gasteiger partial charge in [0.15, 0.2) is 0 Å². The standard InChI is InChI=1S/C25H30FN7O2/c1-25(2,35)23(26)14-29-24(34)19-13-28-21(10-20(19)31-17-5-4-8-32(3)15-17)22-7-6-18-9-16(11-27)12-30-33(18)22/h6-7,9-10,12-13,17,23,35H,4-5,8,14-15H2,1-3H3,(H,28,31)(H,29,34)/t17-,23-/m1/s1. The summed E-state index contributed by atoms with van der Waals surface area (Å²) in [5.41, 5.74) is 1.87. The van der Waals surface area contributed by atoms with Crippen molar-refractivity contribution in [1.29, 1.82) is 5.26 Å². The molecule has 0 unspecified atom stereocenters. The Balaban J connectivity index is 1.66. The van der Waals surface area contributed by atoms with Crippen molar-refractivity contribution in [2.24, 2.45) is 0 Å². The van der Waals surface area contributed by atoms with Gasteiger partial charge in [0.05, 0.1) is 52.1 Å². The number of aliphatic hydroxyl groups is 1. The Morgan fingerprint density at radius 2 is 2.17 bits per heavy atom. The van der Waals surface area contributed by atoms with E-state index in [4.69, 9.17) is 5.26 Å². The molecule has 4 heterocycles. The largest absolute Gasteiger partial charge is 0.387 e. The molecule has 0 aliphatic carbocycles. The molecule has 2 atom stereocenters. The lowest BCUT2D eigenvalue weighted by Crippen LogP contribution is -2.42. The van der Waals surface area contributed by atoms with Gasteiger partial charge in [-0.25, -0.2) is 8.91 Å². The molecule has 35 heavy (non-hydrogen) atoms. The summed E-state index contributed by atoms with van der Waals surface area (Å²) in [6, 6.07) is 9.48. The zero-order valence-corrected chi connectivity index (χ0v) is 20.1. The summed E-state index contributed by atoms with van der Waals surface area (Å²) in [4.78, 5) is 19.7. The van der Waals surface area contributed by atoms with Crippen LogP contribution in [0.2, 0.25) is 0 Å². The average Bonchev–Trinajstić information content (AvgIpc) is 3.25. The van der Waals surface area contributed by atoms with Crippen LogP contribution in [-0.4, -0.2) is 75.0 Å². The highest BCUT2D eigenvalue weighted by Crippen LogP contribution is 2.27. The summed E-state index contributed by atoms with van der Waals surface area (Å²) in [6.07, 6.45) is 3.35. The van der Waals surface area contributed by atoms with E-state index in [0.717, 1.165) is 31.4 Å². The van der Waals surface area contributed by atoms with Gasteiger partial charge in [0.2, 0.25) is 0 Å². The summed E-state index contributed by atoms with van der Waals surface area (Å²) in [5, 5.41) is 29.4. The van der Waals surface area contributed by atoms with E-state index >= 15 is 0 Å². The van der Waals surface area contributed by atoms with Crippen molar-refractivity contribution < 1.29 is 14.3 Å². The van der Waals surface area contributed by atoms with E-state index in [1.165, 1.54) is 26.2 Å². The summed E-state index contributed by atoms with van der Waals surface area (Å²) >= 11 is 0. The van der Waals surface area contributed by atoms with Gasteiger partial charge in [0.25, 0.3) is 5.91 Å². The number of carbonyl (C=O) groups excluding carboxylic acids is 1. The normalized spacial score (nSPS) is 17.7. The lowest BCUT2D eigenvalue weighted by atomic mass is 10.0. The zero-order chi connectivity index (χ0) is 25.2. The Hall–Kier alpha value is -3.55. The van der Waals surface area contributed by atoms with Crippen molar-refractivity contribution in [3.8, 4) is 17.5 Å². The van der Waals surface area contributed by atoms with Gasteiger partial charge < -0.3 is 20.6 Å². The van der Waals surface area contributed by atoms with Gasteiger partial charge in [-0.2, -0.15) is 10.4 Å². The van der Waals surface area contributed by atoms with Crippen molar-refractivity contribution in [2.75, 3.05) is 32.0 Å². The number of nitriles is 1. The predicted molar refractivity (Wildman–Crippen MR) is 131 cm³/mol. The van der Waals surface area contributed by atoms with Gasteiger partial charge in [0, 0.05) is 18.8 Å². The Morgan fingerprint density at radius 3 is 2.89 bits per heavy atom. The second kappa shape index (κ2) is 9.98. The van der Waals surface area contributed by atoms with Crippen LogP contribution in [-0.2, 0) is 0 Å². The monoisotopic (exact) mass is 479 g/mol. The smallest absolute Gasteiger partial charge is 0.255 e. The van der Waals surface area contributed by atoms with Gasteiger partial charge in [-0.05, 0) is 64.5 Å².